The number of aromatic amines is 1. The summed E-state index contributed by atoms with van der Waals surface area (Å²) in [5, 5.41) is 10.8. The molecule has 0 radical (unpaired) electrons. The summed E-state index contributed by atoms with van der Waals surface area (Å²) in [6, 6.07) is 6.41. The highest BCUT2D eigenvalue weighted by molar-refractivity contribution is 6.06. The van der Waals surface area contributed by atoms with Gasteiger partial charge in [-0.15, -0.1) is 0 Å². The summed E-state index contributed by atoms with van der Waals surface area (Å²) in [7, 11) is 0. The van der Waals surface area contributed by atoms with E-state index in [2.05, 4.69) is 20.8 Å². The van der Waals surface area contributed by atoms with E-state index < -0.39 is 28.0 Å². The van der Waals surface area contributed by atoms with Crippen LogP contribution in [0.3, 0.4) is 0 Å². The molecule has 3 N–H and O–H groups in total. The number of H-pyrrole nitrogens is 1. The summed E-state index contributed by atoms with van der Waals surface area (Å²) < 4.78 is 1.29. The van der Waals surface area contributed by atoms with Crippen LogP contribution >= 0.6 is 0 Å². The Morgan fingerprint density at radius 2 is 1.88 bits per heavy atom. The van der Waals surface area contributed by atoms with Gasteiger partial charge in [0.15, 0.2) is 5.65 Å². The van der Waals surface area contributed by atoms with Gasteiger partial charge < -0.3 is 0 Å². The van der Waals surface area contributed by atoms with Crippen molar-refractivity contribution in [3.05, 3.63) is 78.1 Å². The van der Waals surface area contributed by atoms with Crippen LogP contribution in [0, 0.1) is 10.1 Å². The summed E-state index contributed by atoms with van der Waals surface area (Å²) in [4.78, 5) is 67.1. The van der Waals surface area contributed by atoms with Gasteiger partial charge in [0.05, 0.1) is 15.9 Å². The molecule has 3 rings (SSSR count). The number of aromatic nitrogens is 3. The lowest BCUT2D eigenvalue weighted by Gasteiger charge is -2.14. The quantitative estimate of drug-likeness (QED) is 0.375. The van der Waals surface area contributed by atoms with Crippen molar-refractivity contribution in [3.8, 4) is 0 Å². The molecule has 0 aliphatic carbocycles. The summed E-state index contributed by atoms with van der Waals surface area (Å²) in [6.07, 6.45) is 0.593. The van der Waals surface area contributed by atoms with Crippen molar-refractivity contribution < 1.29 is 14.5 Å². The molecule has 12 nitrogen and oxygen atoms in total. The van der Waals surface area contributed by atoms with Crippen LogP contribution in [-0.4, -0.2) is 31.3 Å². The predicted octanol–water partition coefficient (Wildman–Crippen LogP) is 1.60. The minimum Gasteiger partial charge on any atom is -0.278 e. The number of benzene rings is 1. The lowest BCUT2D eigenvalue weighted by Crippen LogP contribution is -2.42. The number of non-ortho nitro benzene ring substituents is 1. The smallest absolute Gasteiger partial charge is 0.278 e. The molecule has 0 atom stereocenters. The normalized spacial score (nSPS) is 10.9. The molecule has 12 heteroatoms. The Bertz CT molecular complexity index is 1370. The van der Waals surface area contributed by atoms with Crippen LogP contribution in [0.25, 0.3) is 11.0 Å². The van der Waals surface area contributed by atoms with Gasteiger partial charge >= 0.3 is 5.69 Å². The predicted molar refractivity (Wildman–Crippen MR) is 119 cm³/mol. The molecule has 0 saturated heterocycles. The Morgan fingerprint density at radius 1 is 1.18 bits per heavy atom. The molecule has 0 spiro atoms. The highest BCUT2D eigenvalue weighted by Gasteiger charge is 2.21. The number of nitro benzene ring substituents is 1. The maximum Gasteiger partial charge on any atom is 0.329 e. The van der Waals surface area contributed by atoms with Gasteiger partial charge in [0, 0.05) is 29.9 Å². The van der Waals surface area contributed by atoms with Crippen LogP contribution in [0.4, 0.5) is 5.69 Å². The maximum atomic E-state index is 12.9. The van der Waals surface area contributed by atoms with Gasteiger partial charge in [-0.2, -0.15) is 0 Å². The first-order valence-electron chi connectivity index (χ1n) is 10.2. The first-order valence-corrected chi connectivity index (χ1v) is 10.2. The molecule has 0 aliphatic heterocycles. The van der Waals surface area contributed by atoms with E-state index in [1.165, 1.54) is 28.8 Å². The zero-order valence-electron chi connectivity index (χ0n) is 18.2. The molecular formula is C21H22N6O6. The number of pyridine rings is 1. The third kappa shape index (κ3) is 4.79. The van der Waals surface area contributed by atoms with E-state index >= 15 is 0 Å². The van der Waals surface area contributed by atoms with E-state index in [1.807, 2.05) is 20.8 Å². The third-order valence-corrected chi connectivity index (χ3v) is 4.86. The van der Waals surface area contributed by atoms with E-state index in [0.29, 0.717) is 12.1 Å². The molecule has 2 amide bonds. The number of hydrogen-bond donors (Lipinski definition) is 3. The van der Waals surface area contributed by atoms with E-state index in [1.54, 1.807) is 0 Å². The molecule has 0 fully saturated rings. The minimum atomic E-state index is -0.810. The highest BCUT2D eigenvalue weighted by Crippen LogP contribution is 2.20. The summed E-state index contributed by atoms with van der Waals surface area (Å²) in [5.74, 6) is -1.72. The topological polar surface area (TPSA) is 169 Å². The van der Waals surface area contributed by atoms with Crippen molar-refractivity contribution in [2.24, 2.45) is 0 Å². The average molecular weight is 454 g/mol. The Balaban J connectivity index is 2.01. The average Bonchev–Trinajstić information content (AvgIpc) is 2.79. The lowest BCUT2D eigenvalue weighted by atomic mass is 10.0. The highest BCUT2D eigenvalue weighted by atomic mass is 16.6. The first-order chi connectivity index (χ1) is 15.6. The van der Waals surface area contributed by atoms with Crippen LogP contribution in [0.15, 0.2) is 39.9 Å². The molecule has 33 heavy (non-hydrogen) atoms. The van der Waals surface area contributed by atoms with Crippen LogP contribution in [0.1, 0.15) is 59.5 Å². The van der Waals surface area contributed by atoms with Gasteiger partial charge in [0.25, 0.3) is 23.1 Å². The fourth-order valence-electron chi connectivity index (χ4n) is 3.21. The molecule has 3 aromatic rings. The van der Waals surface area contributed by atoms with Crippen LogP contribution in [0.2, 0.25) is 0 Å². The molecule has 172 valence electrons. The molecule has 2 aromatic heterocycles. The zero-order chi connectivity index (χ0) is 24.3. The molecule has 0 unspecified atom stereocenters. The molecular weight excluding hydrogens is 432 g/mol. The molecule has 0 aliphatic rings. The number of carbonyl (C=O) groups excluding carboxylic acids is 2. The van der Waals surface area contributed by atoms with Crippen molar-refractivity contribution in [1.82, 2.24) is 25.4 Å². The number of aryl methyl sites for hydroxylation is 1. The molecule has 0 bridgehead atoms. The zero-order valence-corrected chi connectivity index (χ0v) is 18.2. The molecule has 1 aromatic carbocycles. The van der Waals surface area contributed by atoms with Gasteiger partial charge in [-0.1, -0.05) is 26.8 Å². The number of carbonyl (C=O) groups is 2. The van der Waals surface area contributed by atoms with Crippen LogP contribution < -0.4 is 22.1 Å². The summed E-state index contributed by atoms with van der Waals surface area (Å²) in [6.45, 7) is 5.82. The maximum absolute atomic E-state index is 12.9. The number of fused-ring (bicyclic) bond motifs is 1. The SMILES string of the molecule is CCCn1c(=O)[nH]c(=O)c2c(C(=O)NNC(=O)c3cccc([N+](=O)[O-])c3)cc(C(C)C)nc21. The van der Waals surface area contributed by atoms with E-state index in [9.17, 15) is 29.3 Å². The summed E-state index contributed by atoms with van der Waals surface area (Å²) >= 11 is 0. The van der Waals surface area contributed by atoms with Gasteiger partial charge in [-0.3, -0.25) is 44.9 Å². The van der Waals surface area contributed by atoms with Crippen LogP contribution in [-0.2, 0) is 6.54 Å². The Morgan fingerprint density at radius 3 is 2.52 bits per heavy atom. The minimum absolute atomic E-state index is 0.0402. The van der Waals surface area contributed by atoms with E-state index in [-0.39, 0.29) is 40.3 Å². The Labute approximate surface area is 186 Å². The fraction of sp³-hybridized carbons (Fsp3) is 0.286. The van der Waals surface area contributed by atoms with Gasteiger partial charge in [0.2, 0.25) is 0 Å². The molecule has 2 heterocycles. The van der Waals surface area contributed by atoms with Crippen LogP contribution in [0.5, 0.6) is 0 Å². The van der Waals surface area contributed by atoms with Crippen molar-refractivity contribution in [3.63, 3.8) is 0 Å². The van der Waals surface area contributed by atoms with Gasteiger partial charge in [-0.25, -0.2) is 9.78 Å². The second kappa shape index (κ2) is 9.42. The molecule has 0 saturated carbocycles. The second-order valence-electron chi connectivity index (χ2n) is 7.57. The largest absolute Gasteiger partial charge is 0.329 e. The first kappa shape index (κ1) is 23.3. The second-order valence-corrected chi connectivity index (χ2v) is 7.57. The van der Waals surface area contributed by atoms with E-state index in [4.69, 9.17) is 0 Å². The number of nitrogens with one attached hydrogen (secondary N) is 3. The standard InChI is InChI=1S/C21H22N6O6/c1-4-8-26-17-16(20(30)23-21(26)31)14(10-15(22-17)11(2)3)19(29)25-24-18(28)12-6-5-7-13(9-12)27(32)33/h5-7,9-11H,4,8H2,1-3H3,(H,24,28)(H,25,29)(H,23,30,31). The number of rotatable bonds is 6. The summed E-state index contributed by atoms with van der Waals surface area (Å²) in [5.41, 5.74) is 3.16. The van der Waals surface area contributed by atoms with Crippen molar-refractivity contribution >= 4 is 28.5 Å². The van der Waals surface area contributed by atoms with Gasteiger partial charge in [0.1, 0.15) is 0 Å². The van der Waals surface area contributed by atoms with Crippen molar-refractivity contribution in [1.29, 1.82) is 0 Å². The Hall–Kier alpha value is -4.35. The van der Waals surface area contributed by atoms with Gasteiger partial charge in [-0.05, 0) is 24.5 Å². The lowest BCUT2D eigenvalue weighted by molar-refractivity contribution is -0.384. The Kier molecular flexibility index (Phi) is 6.66. The van der Waals surface area contributed by atoms with Crippen molar-refractivity contribution in [2.45, 2.75) is 39.7 Å². The number of nitrogens with zero attached hydrogens (tertiary/aromatic N) is 3. The third-order valence-electron chi connectivity index (χ3n) is 4.86. The van der Waals surface area contributed by atoms with E-state index in [0.717, 1.165) is 6.07 Å². The fourth-order valence-corrected chi connectivity index (χ4v) is 3.21. The number of hydrazine groups is 1. The number of hydrogen-bond acceptors (Lipinski definition) is 7. The van der Waals surface area contributed by atoms with Crippen molar-refractivity contribution in [2.75, 3.05) is 0 Å². The number of nitro groups is 1. The number of amides is 2. The monoisotopic (exact) mass is 454 g/mol.